The van der Waals surface area contributed by atoms with Gasteiger partial charge in [0.1, 0.15) is 5.75 Å². The fourth-order valence-corrected chi connectivity index (χ4v) is 1.61. The molecule has 1 aromatic carbocycles. The van der Waals surface area contributed by atoms with Gasteiger partial charge >= 0.3 is 5.97 Å². The number of hydrogen-bond donors (Lipinski definition) is 4. The summed E-state index contributed by atoms with van der Waals surface area (Å²) in [5, 5.41) is 14.1. The number of carboxylic acids is 1. The van der Waals surface area contributed by atoms with Gasteiger partial charge in [0.2, 0.25) is 0 Å². The van der Waals surface area contributed by atoms with Crippen LogP contribution < -0.4 is 21.1 Å². The molecule has 0 heterocycles. The lowest BCUT2D eigenvalue weighted by molar-refractivity contribution is -0.131. The van der Waals surface area contributed by atoms with Crippen LogP contribution in [0.25, 0.3) is 0 Å². The number of anilines is 1. The molecule has 0 aliphatic heterocycles. The smallest absolute Gasteiger partial charge is 0.328 e. The number of nitrogens with one attached hydrogen (secondary N) is 2. The molecule has 0 bridgehead atoms. The third-order valence-electron chi connectivity index (χ3n) is 2.56. The van der Waals surface area contributed by atoms with Gasteiger partial charge in [-0.05, 0) is 12.1 Å². The van der Waals surface area contributed by atoms with Crippen molar-refractivity contribution in [3.05, 3.63) is 35.9 Å². The van der Waals surface area contributed by atoms with Crippen molar-refractivity contribution in [3.8, 4) is 5.75 Å². The molecule has 0 aliphatic rings. The Kier molecular flexibility index (Phi) is 6.76. The fourth-order valence-electron chi connectivity index (χ4n) is 1.61. The lowest BCUT2D eigenvalue weighted by atomic mass is 10.1. The van der Waals surface area contributed by atoms with Crippen molar-refractivity contribution in [3.63, 3.8) is 0 Å². The normalized spacial score (nSPS) is 10.4. The van der Waals surface area contributed by atoms with E-state index in [0.717, 1.165) is 11.8 Å². The van der Waals surface area contributed by atoms with E-state index < -0.39 is 5.97 Å². The van der Waals surface area contributed by atoms with Crippen LogP contribution in [0, 0.1) is 0 Å². The van der Waals surface area contributed by atoms with Crippen molar-refractivity contribution in [2.24, 2.45) is 5.73 Å². The van der Waals surface area contributed by atoms with Crippen molar-refractivity contribution in [2.45, 2.75) is 0 Å². The molecule has 0 atom stereocenters. The topological polar surface area (TPSA) is 114 Å². The molecule has 1 aromatic rings. The minimum Gasteiger partial charge on any atom is -0.496 e. The van der Waals surface area contributed by atoms with E-state index in [2.05, 4.69) is 10.6 Å². The lowest BCUT2D eigenvalue weighted by Crippen LogP contribution is -2.29. The van der Waals surface area contributed by atoms with Gasteiger partial charge in [-0.25, -0.2) is 4.79 Å². The summed E-state index contributed by atoms with van der Waals surface area (Å²) < 4.78 is 5.19. The van der Waals surface area contributed by atoms with Gasteiger partial charge in [-0.1, -0.05) is 6.08 Å². The van der Waals surface area contributed by atoms with Gasteiger partial charge in [0, 0.05) is 37.5 Å². The zero-order chi connectivity index (χ0) is 15.7. The van der Waals surface area contributed by atoms with E-state index in [9.17, 15) is 9.59 Å². The van der Waals surface area contributed by atoms with Gasteiger partial charge < -0.3 is 26.2 Å². The van der Waals surface area contributed by atoms with Gasteiger partial charge in [0.05, 0.1) is 12.7 Å². The zero-order valence-corrected chi connectivity index (χ0v) is 11.8. The fraction of sp³-hybridized carbons (Fsp3) is 0.286. The van der Waals surface area contributed by atoms with Crippen LogP contribution in [0.1, 0.15) is 10.4 Å². The van der Waals surface area contributed by atoms with E-state index in [1.807, 2.05) is 0 Å². The standard InChI is InChI=1S/C14H19N3O4/c1-21-12-9-10(16-7-2-3-13(18)19)4-5-11(12)14(20)17-8-6-15/h2-5,9,16H,6-8,15H2,1H3,(H,17,20)(H,18,19)/b3-2+. The first kappa shape index (κ1) is 16.5. The maximum atomic E-state index is 11.9. The number of carbonyl (C=O) groups excluding carboxylic acids is 1. The largest absolute Gasteiger partial charge is 0.496 e. The summed E-state index contributed by atoms with van der Waals surface area (Å²) >= 11 is 0. The second-order valence-electron chi connectivity index (χ2n) is 4.08. The highest BCUT2D eigenvalue weighted by atomic mass is 16.5. The summed E-state index contributed by atoms with van der Waals surface area (Å²) in [5.74, 6) is -0.826. The minimum absolute atomic E-state index is 0.255. The molecular weight excluding hydrogens is 274 g/mol. The number of nitrogens with two attached hydrogens (primary N) is 1. The Labute approximate surface area is 122 Å². The Hall–Kier alpha value is -2.54. The number of methoxy groups -OCH3 is 1. The molecule has 0 aliphatic carbocycles. The maximum Gasteiger partial charge on any atom is 0.328 e. The Morgan fingerprint density at radius 2 is 2.19 bits per heavy atom. The number of ether oxygens (including phenoxy) is 1. The van der Waals surface area contributed by atoms with Crippen LogP contribution in [0.4, 0.5) is 5.69 Å². The third-order valence-corrected chi connectivity index (χ3v) is 2.56. The van der Waals surface area contributed by atoms with Crippen LogP contribution in [-0.4, -0.2) is 43.7 Å². The molecule has 7 nitrogen and oxygen atoms in total. The average molecular weight is 293 g/mol. The number of benzene rings is 1. The summed E-state index contributed by atoms with van der Waals surface area (Å²) in [6, 6.07) is 5.02. The predicted octanol–water partition coefficient (Wildman–Crippen LogP) is 0.436. The molecule has 21 heavy (non-hydrogen) atoms. The van der Waals surface area contributed by atoms with Crippen molar-refractivity contribution in [2.75, 3.05) is 32.1 Å². The van der Waals surface area contributed by atoms with E-state index in [0.29, 0.717) is 30.9 Å². The molecule has 0 saturated carbocycles. The first-order chi connectivity index (χ1) is 10.1. The van der Waals surface area contributed by atoms with Gasteiger partial charge in [-0.15, -0.1) is 0 Å². The maximum absolute atomic E-state index is 11.9. The molecule has 0 radical (unpaired) electrons. The number of aliphatic carboxylic acids is 1. The summed E-state index contributed by atoms with van der Waals surface area (Å²) in [7, 11) is 1.48. The molecule has 0 fully saturated rings. The van der Waals surface area contributed by atoms with E-state index in [-0.39, 0.29) is 5.91 Å². The molecule has 7 heteroatoms. The zero-order valence-electron chi connectivity index (χ0n) is 11.8. The summed E-state index contributed by atoms with van der Waals surface area (Å²) in [5.41, 5.74) is 6.47. The first-order valence-electron chi connectivity index (χ1n) is 6.38. The highest BCUT2D eigenvalue weighted by Crippen LogP contribution is 2.23. The number of hydrogen-bond acceptors (Lipinski definition) is 5. The van der Waals surface area contributed by atoms with Gasteiger partial charge in [0.25, 0.3) is 5.91 Å². The second kappa shape index (κ2) is 8.60. The molecule has 0 spiro atoms. The predicted molar refractivity (Wildman–Crippen MR) is 79.6 cm³/mol. The molecule has 0 saturated heterocycles. The number of carboxylic acid groups (broad SMARTS) is 1. The van der Waals surface area contributed by atoms with Crippen LogP contribution in [0.3, 0.4) is 0 Å². The van der Waals surface area contributed by atoms with Crippen LogP contribution in [0.5, 0.6) is 5.75 Å². The quantitative estimate of drug-likeness (QED) is 0.517. The summed E-state index contributed by atoms with van der Waals surface area (Å²) in [6.45, 7) is 1.11. The van der Waals surface area contributed by atoms with Crippen molar-refractivity contribution in [1.29, 1.82) is 0 Å². The number of carbonyl (C=O) groups is 2. The van der Waals surface area contributed by atoms with E-state index >= 15 is 0 Å². The van der Waals surface area contributed by atoms with E-state index in [1.165, 1.54) is 13.2 Å². The van der Waals surface area contributed by atoms with Crippen LogP contribution >= 0.6 is 0 Å². The molecular formula is C14H19N3O4. The Morgan fingerprint density at radius 3 is 2.81 bits per heavy atom. The first-order valence-corrected chi connectivity index (χ1v) is 6.38. The Balaban J connectivity index is 2.74. The van der Waals surface area contributed by atoms with Crippen LogP contribution in [0.15, 0.2) is 30.4 Å². The molecule has 1 amide bonds. The lowest BCUT2D eigenvalue weighted by Gasteiger charge is -2.11. The highest BCUT2D eigenvalue weighted by molar-refractivity contribution is 5.97. The molecule has 1 rings (SSSR count). The van der Waals surface area contributed by atoms with Crippen molar-refractivity contribution < 1.29 is 19.4 Å². The van der Waals surface area contributed by atoms with Gasteiger partial charge in [-0.3, -0.25) is 4.79 Å². The molecule has 114 valence electrons. The van der Waals surface area contributed by atoms with Crippen molar-refractivity contribution >= 4 is 17.6 Å². The van der Waals surface area contributed by atoms with Crippen LogP contribution in [-0.2, 0) is 4.79 Å². The minimum atomic E-state index is -0.999. The molecule has 0 aromatic heterocycles. The molecule has 0 unspecified atom stereocenters. The third kappa shape index (κ3) is 5.53. The second-order valence-corrected chi connectivity index (χ2v) is 4.08. The van der Waals surface area contributed by atoms with Crippen molar-refractivity contribution in [1.82, 2.24) is 5.32 Å². The average Bonchev–Trinajstić information content (AvgIpc) is 2.48. The Bertz CT molecular complexity index is 529. The summed E-state index contributed by atoms with van der Waals surface area (Å²) in [4.78, 5) is 22.2. The SMILES string of the molecule is COc1cc(NC/C=C/C(=O)O)ccc1C(=O)NCCN. The summed E-state index contributed by atoms with van der Waals surface area (Å²) in [6.07, 6.45) is 2.54. The monoisotopic (exact) mass is 293 g/mol. The van der Waals surface area contributed by atoms with E-state index in [1.54, 1.807) is 18.2 Å². The van der Waals surface area contributed by atoms with Gasteiger partial charge in [0.15, 0.2) is 0 Å². The van der Waals surface area contributed by atoms with Gasteiger partial charge in [-0.2, -0.15) is 0 Å². The number of amides is 1. The Morgan fingerprint density at radius 1 is 1.43 bits per heavy atom. The molecule has 5 N–H and O–H groups in total. The number of rotatable bonds is 8. The van der Waals surface area contributed by atoms with E-state index in [4.69, 9.17) is 15.6 Å². The highest BCUT2D eigenvalue weighted by Gasteiger charge is 2.12. The van der Waals surface area contributed by atoms with Crippen LogP contribution in [0.2, 0.25) is 0 Å².